The summed E-state index contributed by atoms with van der Waals surface area (Å²) in [5, 5.41) is 12.5. The Morgan fingerprint density at radius 2 is 0.590 bits per heavy atom. The van der Waals surface area contributed by atoms with Crippen LogP contribution in [0, 0.1) is 0 Å². The third-order valence-corrected chi connectivity index (χ3v) is 15.0. The molecule has 83 heavy (non-hydrogen) atoms. The molecule has 0 aliphatic heterocycles. The average Bonchev–Trinajstić information content (AvgIpc) is 3.61. The Labute approximate surface area is 501 Å². The van der Waals surface area contributed by atoms with Crippen LogP contribution in [-0.4, -0.2) is 153 Å². The monoisotopic (exact) mass is 1170 g/mol. The highest BCUT2D eigenvalue weighted by atomic mass is 16.6. The van der Waals surface area contributed by atoms with Crippen LogP contribution < -0.4 is 43.0 Å². The minimum absolute atomic E-state index is 0.181. The second-order valence-corrected chi connectivity index (χ2v) is 23.0. The number of carbonyl (C=O) groups excluding carboxylic acids is 2. The van der Waals surface area contributed by atoms with Crippen molar-refractivity contribution in [1.82, 2.24) is 9.80 Å². The Bertz CT molecular complexity index is 1870. The summed E-state index contributed by atoms with van der Waals surface area (Å²) in [6.45, 7) is 18.5. The Hall–Kier alpha value is -3.94. The van der Waals surface area contributed by atoms with Gasteiger partial charge in [0.2, 0.25) is 0 Å². The summed E-state index contributed by atoms with van der Waals surface area (Å²) < 4.78 is 34.9. The zero-order valence-electron chi connectivity index (χ0n) is 53.2. The molecule has 0 heterocycles. The molecular weight excluding hydrogens is 1060 g/mol. The van der Waals surface area contributed by atoms with E-state index in [-0.39, 0.29) is 24.1 Å². The van der Waals surface area contributed by atoms with Crippen LogP contribution in [0.5, 0.6) is 0 Å². The number of ether oxygens (including phenoxy) is 6. The predicted molar refractivity (Wildman–Crippen MR) is 341 cm³/mol. The number of rotatable bonds is 62. The Kier molecular flexibility index (Phi) is 46.5. The topological polar surface area (TPSA) is 212 Å². The summed E-state index contributed by atoms with van der Waals surface area (Å²) in [7, 11) is 4.17. The molecule has 2 aromatic rings. The van der Waals surface area contributed by atoms with Crippen molar-refractivity contribution < 1.29 is 38.0 Å². The van der Waals surface area contributed by atoms with Crippen molar-refractivity contribution in [2.45, 2.75) is 239 Å². The maximum Gasteiger partial charge on any atom is 0.306 e. The molecule has 0 aliphatic carbocycles. The fraction of sp³-hybridized carbons (Fsp3) is 0.846. The van der Waals surface area contributed by atoms with Gasteiger partial charge in [-0.1, -0.05) is 143 Å². The molecule has 18 heteroatoms. The smallest absolute Gasteiger partial charge is 0.306 e. The van der Waals surface area contributed by atoms with E-state index in [0.29, 0.717) is 121 Å². The first-order valence-corrected chi connectivity index (χ1v) is 33.2. The SMILES string of the molecule is CCCCCCOCC(COCCCCCC)OC(=O)CCCCCCCN(C)CCCNc1c(NCCCNc2c(NCCCN(C)CCCCCCCC(=O)OC(COCCCCCC)COCCCCCC)c(=O)c2=O)c(=O)c1=O. The third-order valence-electron chi connectivity index (χ3n) is 15.0. The lowest BCUT2D eigenvalue weighted by Gasteiger charge is -2.19. The molecule has 0 unspecified atom stereocenters. The number of nitrogens with one attached hydrogen (secondary N) is 4. The van der Waals surface area contributed by atoms with E-state index in [0.717, 1.165) is 155 Å². The molecular formula is C65H118N6O12. The second-order valence-electron chi connectivity index (χ2n) is 23.0. The van der Waals surface area contributed by atoms with E-state index < -0.39 is 21.7 Å². The highest BCUT2D eigenvalue weighted by molar-refractivity contribution is 5.75. The van der Waals surface area contributed by atoms with Gasteiger partial charge in [-0.3, -0.25) is 28.8 Å². The van der Waals surface area contributed by atoms with Crippen LogP contribution in [0.15, 0.2) is 19.2 Å². The summed E-state index contributed by atoms with van der Waals surface area (Å²) >= 11 is 0. The predicted octanol–water partition coefficient (Wildman–Crippen LogP) is 11.2. The molecule has 0 saturated carbocycles. The van der Waals surface area contributed by atoms with Crippen molar-refractivity contribution in [1.29, 1.82) is 0 Å². The van der Waals surface area contributed by atoms with Crippen LogP contribution in [0.3, 0.4) is 0 Å². The van der Waals surface area contributed by atoms with Gasteiger partial charge in [0.05, 0.1) is 26.4 Å². The molecule has 0 aromatic heterocycles. The van der Waals surface area contributed by atoms with E-state index in [1.54, 1.807) is 0 Å². The first-order valence-electron chi connectivity index (χ1n) is 33.2. The van der Waals surface area contributed by atoms with Gasteiger partial charge in [-0.2, -0.15) is 0 Å². The Balaban J connectivity index is 1.54. The fourth-order valence-corrected chi connectivity index (χ4v) is 9.79. The molecule has 0 spiro atoms. The van der Waals surface area contributed by atoms with Crippen molar-refractivity contribution in [3.63, 3.8) is 0 Å². The molecule has 480 valence electrons. The maximum atomic E-state index is 12.7. The molecule has 2 aromatic carbocycles. The number of hydrogen-bond acceptors (Lipinski definition) is 18. The lowest BCUT2D eigenvalue weighted by atomic mass is 10.1. The van der Waals surface area contributed by atoms with Gasteiger partial charge in [0.1, 0.15) is 35.0 Å². The minimum Gasteiger partial charge on any atom is -0.457 e. The molecule has 2 rings (SSSR count). The van der Waals surface area contributed by atoms with Crippen LogP contribution in [0.1, 0.15) is 227 Å². The van der Waals surface area contributed by atoms with Crippen molar-refractivity contribution >= 4 is 34.7 Å². The zero-order chi connectivity index (χ0) is 60.4. The van der Waals surface area contributed by atoms with Gasteiger partial charge in [-0.05, 0) is 111 Å². The normalized spacial score (nSPS) is 11.8. The molecule has 0 fully saturated rings. The first kappa shape index (κ1) is 75.2. The Morgan fingerprint density at radius 3 is 0.892 bits per heavy atom. The van der Waals surface area contributed by atoms with Gasteiger partial charge in [0.25, 0.3) is 21.7 Å². The summed E-state index contributed by atoms with van der Waals surface area (Å²) in [6, 6.07) is 0. The Morgan fingerprint density at radius 1 is 0.337 bits per heavy atom. The van der Waals surface area contributed by atoms with Crippen LogP contribution >= 0.6 is 0 Å². The van der Waals surface area contributed by atoms with Gasteiger partial charge in [-0.25, -0.2) is 0 Å². The lowest BCUT2D eigenvalue weighted by molar-refractivity contribution is -0.157. The molecule has 0 atom stereocenters. The van der Waals surface area contributed by atoms with Crippen molar-refractivity contribution in [3.8, 4) is 0 Å². The lowest BCUT2D eigenvalue weighted by Crippen LogP contribution is -2.39. The summed E-state index contributed by atoms with van der Waals surface area (Å²) in [6.07, 6.45) is 30.4. The van der Waals surface area contributed by atoms with Gasteiger partial charge in [0.15, 0.2) is 0 Å². The third kappa shape index (κ3) is 37.3. The van der Waals surface area contributed by atoms with Crippen LogP contribution in [0.4, 0.5) is 22.7 Å². The number of anilines is 4. The summed E-state index contributed by atoms with van der Waals surface area (Å²) in [5.41, 5.74) is -0.861. The van der Waals surface area contributed by atoms with Crippen molar-refractivity contribution in [3.05, 3.63) is 40.9 Å². The largest absolute Gasteiger partial charge is 0.457 e. The van der Waals surface area contributed by atoms with Crippen LogP contribution in [0.2, 0.25) is 0 Å². The standard InChI is InChI=1S/C65H118N6O12/c1-7-11-15-29-46-78-50-54(51-79-47-30-16-12-8-2)82-56(72)36-25-21-19-23-27-42-70(5)44-34-40-68-60-58(62(74)64(60)76)66-38-33-39-67-59-61(65(77)63(59)75)69-41-35-45-71(6)43-28-24-20-22-26-37-57(73)83-55(52-80-48-31-17-13-9-3)53-81-49-32-18-14-10-4/h54-55,66-69H,7-53H2,1-6H3. The second kappa shape index (κ2) is 51.3. The van der Waals surface area contributed by atoms with Crippen LogP contribution in [-0.2, 0) is 38.0 Å². The molecule has 0 saturated heterocycles. The molecule has 0 bridgehead atoms. The van der Waals surface area contributed by atoms with E-state index in [9.17, 15) is 28.8 Å². The first-order chi connectivity index (χ1) is 40.5. The molecule has 0 aliphatic rings. The van der Waals surface area contributed by atoms with E-state index in [1.165, 1.54) is 51.4 Å². The van der Waals surface area contributed by atoms with E-state index in [2.05, 4.69) is 72.9 Å². The minimum atomic E-state index is -0.533. The molecule has 4 N–H and O–H groups in total. The molecule has 18 nitrogen and oxygen atoms in total. The van der Waals surface area contributed by atoms with Gasteiger partial charge in [0, 0.05) is 65.4 Å². The number of unbranched alkanes of at least 4 members (excludes halogenated alkanes) is 20. The highest BCUT2D eigenvalue weighted by Crippen LogP contribution is 2.17. The number of nitrogens with zero attached hydrogens (tertiary/aromatic N) is 2. The number of carbonyl (C=O) groups is 2. The quantitative estimate of drug-likeness (QED) is 0.0275. The summed E-state index contributed by atoms with van der Waals surface area (Å²) in [4.78, 5) is 79.5. The number of hydrogen-bond donors (Lipinski definition) is 4. The van der Waals surface area contributed by atoms with Crippen molar-refractivity contribution in [2.24, 2.45) is 0 Å². The van der Waals surface area contributed by atoms with Gasteiger partial charge in [-0.15, -0.1) is 0 Å². The number of esters is 2. The summed E-state index contributed by atoms with van der Waals surface area (Å²) in [5.74, 6) is -0.361. The van der Waals surface area contributed by atoms with Crippen LogP contribution in [0.25, 0.3) is 0 Å². The van der Waals surface area contributed by atoms with E-state index in [4.69, 9.17) is 28.4 Å². The highest BCUT2D eigenvalue weighted by Gasteiger charge is 2.22. The average molecular weight is 1180 g/mol. The molecule has 0 amide bonds. The maximum absolute atomic E-state index is 12.7. The zero-order valence-corrected chi connectivity index (χ0v) is 53.2. The van der Waals surface area contributed by atoms with Crippen molar-refractivity contribution in [2.75, 3.05) is 141 Å². The molecule has 0 radical (unpaired) electrons. The van der Waals surface area contributed by atoms with E-state index in [1.807, 2.05) is 0 Å². The van der Waals surface area contributed by atoms with Gasteiger partial charge < -0.3 is 59.5 Å². The van der Waals surface area contributed by atoms with E-state index >= 15 is 0 Å². The van der Waals surface area contributed by atoms with Gasteiger partial charge >= 0.3 is 11.9 Å². The fourth-order valence-electron chi connectivity index (χ4n) is 9.79.